The van der Waals surface area contributed by atoms with E-state index in [2.05, 4.69) is 25.0 Å². The highest BCUT2D eigenvalue weighted by Gasteiger charge is 2.08. The second kappa shape index (κ2) is 11.9. The Bertz CT molecular complexity index is 267. The van der Waals surface area contributed by atoms with Crippen LogP contribution in [0.3, 0.4) is 0 Å². The fraction of sp³-hybridized carbons (Fsp3) is 1.00. The van der Waals surface area contributed by atoms with Crippen LogP contribution >= 0.6 is 0 Å². The second-order valence-electron chi connectivity index (χ2n) is 4.52. The molecular formula is C12H29NO4S. The van der Waals surface area contributed by atoms with Gasteiger partial charge in [-0.1, -0.05) is 46.5 Å². The van der Waals surface area contributed by atoms with Crippen molar-refractivity contribution in [2.45, 2.75) is 53.4 Å². The molecule has 3 N–H and O–H groups in total. The molecule has 0 rings (SSSR count). The Labute approximate surface area is 112 Å². The zero-order chi connectivity index (χ0) is 14.6. The van der Waals surface area contributed by atoms with Crippen molar-refractivity contribution in [3.05, 3.63) is 0 Å². The van der Waals surface area contributed by atoms with E-state index < -0.39 is 10.4 Å². The first kappa shape index (κ1) is 20.2. The molecule has 0 aliphatic rings. The molecule has 0 radical (unpaired) electrons. The summed E-state index contributed by atoms with van der Waals surface area (Å²) in [5, 5.41) is 0. The van der Waals surface area contributed by atoms with Gasteiger partial charge in [0, 0.05) is 0 Å². The molecule has 0 aromatic heterocycles. The number of rotatable bonds is 8. The molecule has 0 saturated carbocycles. The average Bonchev–Trinajstić information content (AvgIpc) is 2.27. The molecule has 0 aliphatic carbocycles. The lowest BCUT2D eigenvalue weighted by molar-refractivity contribution is 0.283. The van der Waals surface area contributed by atoms with Crippen molar-refractivity contribution in [3.63, 3.8) is 0 Å². The zero-order valence-corrected chi connectivity index (χ0v) is 12.9. The van der Waals surface area contributed by atoms with Crippen molar-refractivity contribution < 1.29 is 17.2 Å². The van der Waals surface area contributed by atoms with Crippen LogP contribution in [0.2, 0.25) is 0 Å². The van der Waals surface area contributed by atoms with Gasteiger partial charge in [0.15, 0.2) is 0 Å². The normalized spacial score (nSPS) is 14.6. The van der Waals surface area contributed by atoms with Gasteiger partial charge in [0.2, 0.25) is 0 Å². The first-order chi connectivity index (χ1) is 8.28. The lowest BCUT2D eigenvalue weighted by Crippen LogP contribution is -2.18. The number of unbranched alkanes of at least 4 members (excludes halogenated alkanes) is 2. The van der Waals surface area contributed by atoms with Crippen LogP contribution < -0.4 is 5.73 Å². The van der Waals surface area contributed by atoms with Gasteiger partial charge in [0.05, 0.1) is 6.61 Å². The number of hydrogen-bond acceptors (Lipinski definition) is 4. The summed E-state index contributed by atoms with van der Waals surface area (Å²) < 4.78 is 30.7. The third-order valence-corrected chi connectivity index (χ3v) is 3.41. The van der Waals surface area contributed by atoms with Crippen molar-refractivity contribution in [2.24, 2.45) is 17.6 Å². The molecule has 0 bridgehead atoms. The predicted molar refractivity (Wildman–Crippen MR) is 74.7 cm³/mol. The molecule has 112 valence electrons. The molecule has 0 saturated heterocycles. The maximum atomic E-state index is 9.56. The first-order valence-electron chi connectivity index (χ1n) is 6.60. The quantitative estimate of drug-likeness (QED) is 0.528. The van der Waals surface area contributed by atoms with E-state index in [0.29, 0.717) is 5.92 Å². The maximum absolute atomic E-state index is 9.56. The number of hydrogen-bond donors (Lipinski definition) is 2. The highest BCUT2D eigenvalue weighted by Crippen LogP contribution is 2.16. The zero-order valence-electron chi connectivity index (χ0n) is 12.1. The van der Waals surface area contributed by atoms with Crippen LogP contribution in [0.1, 0.15) is 53.4 Å². The van der Waals surface area contributed by atoms with Gasteiger partial charge in [-0.3, -0.25) is 4.55 Å². The standard InChI is InChI=1S/C10H23N.C2H6O4S/c1-4-5-6-7-9(2)10(3)8-11;1-2-6-7(3,4)5/h9-10H,4-8,11H2,1-3H3;2H2,1H3,(H,3,4,5). The summed E-state index contributed by atoms with van der Waals surface area (Å²) in [6.07, 6.45) is 5.43. The molecule has 0 fully saturated rings. The molecule has 0 heterocycles. The minimum atomic E-state index is -4.17. The van der Waals surface area contributed by atoms with Gasteiger partial charge in [0.1, 0.15) is 0 Å². The first-order valence-corrected chi connectivity index (χ1v) is 7.96. The van der Waals surface area contributed by atoms with Crippen LogP contribution in [-0.4, -0.2) is 26.1 Å². The fourth-order valence-corrected chi connectivity index (χ4v) is 1.68. The smallest absolute Gasteiger partial charge is 0.330 e. The van der Waals surface area contributed by atoms with Gasteiger partial charge in [-0.15, -0.1) is 0 Å². The monoisotopic (exact) mass is 283 g/mol. The molecule has 5 nitrogen and oxygen atoms in total. The van der Waals surface area contributed by atoms with E-state index in [1.165, 1.54) is 32.6 Å². The molecule has 18 heavy (non-hydrogen) atoms. The summed E-state index contributed by atoms with van der Waals surface area (Å²) in [4.78, 5) is 0. The molecule has 0 spiro atoms. The van der Waals surface area contributed by atoms with E-state index in [9.17, 15) is 8.42 Å². The van der Waals surface area contributed by atoms with Gasteiger partial charge in [-0.05, 0) is 25.3 Å². The van der Waals surface area contributed by atoms with Gasteiger partial charge in [0.25, 0.3) is 0 Å². The third-order valence-electron chi connectivity index (χ3n) is 2.87. The van der Waals surface area contributed by atoms with Crippen LogP contribution in [0, 0.1) is 11.8 Å². The van der Waals surface area contributed by atoms with Gasteiger partial charge < -0.3 is 5.73 Å². The topological polar surface area (TPSA) is 89.6 Å². The van der Waals surface area contributed by atoms with Crippen molar-refractivity contribution >= 4 is 10.4 Å². The van der Waals surface area contributed by atoms with Crippen LogP contribution in [0.4, 0.5) is 0 Å². The Hall–Kier alpha value is -0.170. The molecule has 2 atom stereocenters. The Kier molecular flexibility index (Phi) is 13.3. The fourth-order valence-electron chi connectivity index (χ4n) is 1.38. The summed E-state index contributed by atoms with van der Waals surface area (Å²) in [5.74, 6) is 1.51. The minimum Gasteiger partial charge on any atom is -0.330 e. The Morgan fingerprint density at radius 1 is 1.17 bits per heavy atom. The van der Waals surface area contributed by atoms with Gasteiger partial charge in [-0.2, -0.15) is 8.42 Å². The van der Waals surface area contributed by atoms with Gasteiger partial charge in [-0.25, -0.2) is 4.18 Å². The lowest BCUT2D eigenvalue weighted by atomic mass is 9.91. The molecule has 2 unspecified atom stereocenters. The highest BCUT2D eigenvalue weighted by molar-refractivity contribution is 7.80. The largest absolute Gasteiger partial charge is 0.397 e. The predicted octanol–water partition coefficient (Wildman–Crippen LogP) is 2.62. The van der Waals surface area contributed by atoms with Crippen LogP contribution in [0.15, 0.2) is 0 Å². The SMILES string of the molecule is CCCCCC(C)C(C)CN.CCOS(=O)(=O)O. The maximum Gasteiger partial charge on any atom is 0.397 e. The van der Waals surface area contributed by atoms with Gasteiger partial charge >= 0.3 is 10.4 Å². The van der Waals surface area contributed by atoms with Crippen molar-refractivity contribution in [3.8, 4) is 0 Å². The van der Waals surface area contributed by atoms with Crippen LogP contribution in [0.25, 0.3) is 0 Å². The molecule has 0 amide bonds. The number of nitrogens with two attached hydrogens (primary N) is 1. The second-order valence-corrected chi connectivity index (χ2v) is 5.61. The summed E-state index contributed by atoms with van der Waals surface area (Å²) in [7, 11) is -4.17. The average molecular weight is 283 g/mol. The van der Waals surface area contributed by atoms with Crippen LogP contribution in [-0.2, 0) is 14.6 Å². The van der Waals surface area contributed by atoms with E-state index in [1.54, 1.807) is 0 Å². The summed E-state index contributed by atoms with van der Waals surface area (Å²) >= 11 is 0. The Morgan fingerprint density at radius 3 is 2.00 bits per heavy atom. The Morgan fingerprint density at radius 2 is 1.72 bits per heavy atom. The summed E-state index contributed by atoms with van der Waals surface area (Å²) in [5.41, 5.74) is 5.58. The molecule has 6 heteroatoms. The summed E-state index contributed by atoms with van der Waals surface area (Å²) in [6, 6.07) is 0. The van der Waals surface area contributed by atoms with E-state index in [4.69, 9.17) is 10.3 Å². The molecule has 0 aromatic carbocycles. The third kappa shape index (κ3) is 15.8. The van der Waals surface area contributed by atoms with Crippen molar-refractivity contribution in [1.82, 2.24) is 0 Å². The Balaban J connectivity index is 0. The highest BCUT2D eigenvalue weighted by atomic mass is 32.3. The van der Waals surface area contributed by atoms with Crippen LogP contribution in [0.5, 0.6) is 0 Å². The molecular weight excluding hydrogens is 254 g/mol. The molecule has 0 aliphatic heterocycles. The lowest BCUT2D eigenvalue weighted by Gasteiger charge is -2.17. The molecule has 0 aromatic rings. The van der Waals surface area contributed by atoms with Crippen molar-refractivity contribution in [2.75, 3.05) is 13.2 Å². The minimum absolute atomic E-state index is 0.0289. The van der Waals surface area contributed by atoms with E-state index in [0.717, 1.165) is 12.5 Å². The van der Waals surface area contributed by atoms with E-state index >= 15 is 0 Å². The van der Waals surface area contributed by atoms with Crippen molar-refractivity contribution in [1.29, 1.82) is 0 Å². The van der Waals surface area contributed by atoms with E-state index in [1.807, 2.05) is 0 Å². The van der Waals surface area contributed by atoms with E-state index in [-0.39, 0.29) is 6.61 Å². The summed E-state index contributed by atoms with van der Waals surface area (Å²) in [6.45, 7) is 9.08.